The second-order valence-electron chi connectivity index (χ2n) is 19.0. The van der Waals surface area contributed by atoms with E-state index < -0.39 is 16.6 Å². The molecule has 10 unspecified atom stereocenters. The number of amides is 1. The molecule has 1 N–H and O–H groups in total. The highest BCUT2D eigenvalue weighted by molar-refractivity contribution is 6.74. The quantitative estimate of drug-likeness (QED) is 0.0606. The molecule has 11 nitrogen and oxygen atoms in total. The van der Waals surface area contributed by atoms with Gasteiger partial charge in [0, 0.05) is 38.9 Å². The molecule has 0 heterocycles. The van der Waals surface area contributed by atoms with Crippen molar-refractivity contribution in [3.05, 3.63) is 10.4 Å². The van der Waals surface area contributed by atoms with Crippen molar-refractivity contribution in [3.8, 4) is 0 Å². The molecule has 2 fully saturated rings. The van der Waals surface area contributed by atoms with Crippen molar-refractivity contribution < 1.29 is 32.7 Å². The summed E-state index contributed by atoms with van der Waals surface area (Å²) >= 11 is 0. The van der Waals surface area contributed by atoms with Crippen LogP contribution in [-0.4, -0.2) is 72.0 Å². The fourth-order valence-corrected chi connectivity index (χ4v) is 12.5. The van der Waals surface area contributed by atoms with Gasteiger partial charge in [0.1, 0.15) is 12.2 Å². The van der Waals surface area contributed by atoms with E-state index in [4.69, 9.17) is 23.9 Å². The molecule has 10 atom stereocenters. The Morgan fingerprint density at radius 1 is 0.717 bits per heavy atom. The number of hydrogen-bond acceptors (Lipinski definition) is 8. The van der Waals surface area contributed by atoms with Crippen molar-refractivity contribution in [1.82, 2.24) is 5.32 Å². The molecule has 13 heteroatoms. The highest BCUT2D eigenvalue weighted by Crippen LogP contribution is 2.47. The number of hydrogen-bond donors (Lipinski definition) is 1. The van der Waals surface area contributed by atoms with Gasteiger partial charge in [-0.3, -0.25) is 14.4 Å². The third-order valence-electron chi connectivity index (χ3n) is 14.6. The van der Waals surface area contributed by atoms with Crippen LogP contribution in [0.25, 0.3) is 10.4 Å². The highest BCUT2D eigenvalue weighted by atomic mass is 28.4. The third kappa shape index (κ3) is 12.8. The maximum atomic E-state index is 11.6. The van der Waals surface area contributed by atoms with Crippen LogP contribution in [0, 0.1) is 47.3 Å². The van der Waals surface area contributed by atoms with Gasteiger partial charge in [-0.15, -0.1) is 0 Å². The van der Waals surface area contributed by atoms with Crippen molar-refractivity contribution in [2.75, 3.05) is 13.2 Å². The molecule has 0 saturated heterocycles. The highest BCUT2D eigenvalue weighted by Gasteiger charge is 2.48. The number of carbonyl (C=O) groups is 3. The Bertz CT molecular complexity index is 1270. The lowest BCUT2D eigenvalue weighted by atomic mass is 9.70. The number of ether oxygens (including phenoxy) is 2. The topological polar surface area (TPSA) is 149 Å². The molecule has 0 spiro atoms. The molecule has 0 aromatic carbocycles. The van der Waals surface area contributed by atoms with E-state index in [0.717, 1.165) is 6.42 Å². The van der Waals surface area contributed by atoms with Gasteiger partial charge in [0.05, 0.1) is 12.1 Å². The van der Waals surface area contributed by atoms with Crippen LogP contribution >= 0.6 is 0 Å². The Labute approximate surface area is 325 Å². The summed E-state index contributed by atoms with van der Waals surface area (Å²) in [6.45, 7) is 41.8. The first-order valence-electron chi connectivity index (χ1n) is 20.0. The number of nitrogens with zero attached hydrogens (tertiary/aromatic N) is 3. The lowest BCUT2D eigenvalue weighted by Gasteiger charge is -2.47. The van der Waals surface area contributed by atoms with Crippen molar-refractivity contribution in [2.45, 2.75) is 177 Å². The molecule has 2 rings (SSSR count). The molecule has 0 radical (unpaired) electrons. The van der Waals surface area contributed by atoms with Gasteiger partial charge in [0.25, 0.3) is 0 Å². The normalized spacial score (nSPS) is 29.8. The van der Waals surface area contributed by atoms with Crippen molar-refractivity contribution in [2.24, 2.45) is 52.5 Å². The smallest absolute Gasteiger partial charge is 0.302 e. The largest absolute Gasteiger partial charge is 0.462 e. The summed E-state index contributed by atoms with van der Waals surface area (Å²) in [5.41, 5.74) is 8.89. The zero-order valence-corrected chi connectivity index (χ0v) is 39.0. The SMILES string of the molecule is CC(=O)NC1C(OC(C)=O)CC(CO[Si](C)(C)C(C)(C)C(C)C)C(C)C1C.CC(=O)OC1CC(CO[Si](C)(C)C(C)(C)C(C)C)C(C)C(C)C1N=[N+]=[N-]. The summed E-state index contributed by atoms with van der Waals surface area (Å²) in [5.74, 6) is 2.05. The van der Waals surface area contributed by atoms with E-state index in [1.54, 1.807) is 0 Å². The van der Waals surface area contributed by atoms with Gasteiger partial charge in [0.15, 0.2) is 16.6 Å². The van der Waals surface area contributed by atoms with E-state index in [1.165, 1.54) is 20.8 Å². The summed E-state index contributed by atoms with van der Waals surface area (Å²) in [6, 6.07) is -0.456. The molecule has 2 aliphatic rings. The van der Waals surface area contributed by atoms with E-state index >= 15 is 0 Å². The Morgan fingerprint density at radius 3 is 1.45 bits per heavy atom. The molecule has 0 aromatic heterocycles. The maximum Gasteiger partial charge on any atom is 0.302 e. The fraction of sp³-hybridized carbons (Fsp3) is 0.925. The predicted octanol–water partition coefficient (Wildman–Crippen LogP) is 9.92. The van der Waals surface area contributed by atoms with Crippen LogP contribution in [0.1, 0.15) is 117 Å². The third-order valence-corrected chi connectivity index (χ3v) is 23.7. The Morgan fingerprint density at radius 2 is 1.09 bits per heavy atom. The van der Waals surface area contributed by atoms with Gasteiger partial charge < -0.3 is 23.6 Å². The predicted molar refractivity (Wildman–Crippen MR) is 219 cm³/mol. The molecule has 2 saturated carbocycles. The molecule has 1 amide bonds. The monoisotopic (exact) mass is 783 g/mol. The van der Waals surface area contributed by atoms with E-state index in [2.05, 4.69) is 125 Å². The van der Waals surface area contributed by atoms with Crippen molar-refractivity contribution in [1.29, 1.82) is 0 Å². The number of esters is 2. The first-order chi connectivity index (χ1) is 24.0. The van der Waals surface area contributed by atoms with Gasteiger partial charge in [-0.2, -0.15) is 0 Å². The summed E-state index contributed by atoms with van der Waals surface area (Å²) in [6.07, 6.45) is 0.740. The second-order valence-corrected chi connectivity index (χ2v) is 28.2. The summed E-state index contributed by atoms with van der Waals surface area (Å²) in [5, 5.41) is 7.26. The number of azide groups is 1. The van der Waals surface area contributed by atoms with Gasteiger partial charge >= 0.3 is 11.9 Å². The summed E-state index contributed by atoms with van der Waals surface area (Å²) < 4.78 is 24.2. The molecular weight excluding hydrogens is 705 g/mol. The van der Waals surface area contributed by atoms with Crippen LogP contribution in [0.2, 0.25) is 36.3 Å². The van der Waals surface area contributed by atoms with Crippen LogP contribution < -0.4 is 5.32 Å². The number of rotatable bonds is 14. The molecule has 0 aromatic rings. The Hall–Kier alpha value is -1.93. The van der Waals surface area contributed by atoms with E-state index in [1.807, 2.05) is 0 Å². The average molecular weight is 783 g/mol. The molecule has 308 valence electrons. The maximum absolute atomic E-state index is 11.6. The first-order valence-corrected chi connectivity index (χ1v) is 25.8. The van der Waals surface area contributed by atoms with E-state index in [9.17, 15) is 14.4 Å². The van der Waals surface area contributed by atoms with Crippen LogP contribution in [0.5, 0.6) is 0 Å². The second kappa shape index (κ2) is 19.8. The number of nitrogens with one attached hydrogen (secondary N) is 1. The van der Waals surface area contributed by atoms with E-state index in [0.29, 0.717) is 49.2 Å². The molecule has 0 bridgehead atoms. The van der Waals surface area contributed by atoms with Gasteiger partial charge in [-0.05, 0) is 102 Å². The van der Waals surface area contributed by atoms with Crippen LogP contribution in [-0.2, 0) is 32.7 Å². The van der Waals surface area contributed by atoms with Crippen molar-refractivity contribution in [3.63, 3.8) is 0 Å². The van der Waals surface area contributed by atoms with Crippen LogP contribution in [0.4, 0.5) is 0 Å². The van der Waals surface area contributed by atoms with Gasteiger partial charge in [-0.1, -0.05) is 88.2 Å². The zero-order chi connectivity index (χ0) is 41.4. The zero-order valence-electron chi connectivity index (χ0n) is 37.0. The Balaban J connectivity index is 0.000000530. The summed E-state index contributed by atoms with van der Waals surface area (Å²) in [4.78, 5) is 37.7. The summed E-state index contributed by atoms with van der Waals surface area (Å²) in [7, 11) is -3.81. The average Bonchev–Trinajstić information content (AvgIpc) is 3.02. The molecular formula is C40H78N4O7Si2. The standard InChI is InChI=1S/C21H41NO4Si.C19H37N3O3Si/c1-13(2)21(7,8)27(9,10)25-12-18-11-19(26-17(6)24)20(22-16(5)23)15(4)14(18)3;1-12(2)19(6,7)26(8,9)24-11-16-10-17(25-15(5)23)18(21-22-20)14(4)13(16)3/h13-15,18-20H,11-12H2,1-10H3,(H,22,23);12-14,16-18H,10-11H2,1-9H3. The Kier molecular flexibility index (Phi) is 18.3. The van der Waals surface area contributed by atoms with Gasteiger partial charge in [0.2, 0.25) is 5.91 Å². The fourth-order valence-electron chi connectivity index (χ4n) is 7.68. The molecule has 2 aliphatic carbocycles. The minimum Gasteiger partial charge on any atom is -0.462 e. The number of carbonyl (C=O) groups excluding carboxylic acids is 3. The minimum atomic E-state index is -1.91. The van der Waals surface area contributed by atoms with Crippen LogP contribution in [0.3, 0.4) is 0 Å². The van der Waals surface area contributed by atoms with Crippen LogP contribution in [0.15, 0.2) is 5.11 Å². The lowest BCUT2D eigenvalue weighted by molar-refractivity contribution is -0.155. The molecule has 53 heavy (non-hydrogen) atoms. The minimum absolute atomic E-state index is 0.0851. The van der Waals surface area contributed by atoms with E-state index in [-0.39, 0.29) is 70.0 Å². The molecule has 0 aliphatic heterocycles. The van der Waals surface area contributed by atoms with Crippen molar-refractivity contribution >= 4 is 34.5 Å². The first kappa shape index (κ1) is 49.1. The van der Waals surface area contributed by atoms with Gasteiger partial charge in [-0.25, -0.2) is 0 Å². The lowest BCUT2D eigenvalue weighted by Crippen LogP contribution is -2.56.